The summed E-state index contributed by atoms with van der Waals surface area (Å²) in [7, 11) is 0. The Hall–Kier alpha value is -3.90. The van der Waals surface area contributed by atoms with Gasteiger partial charge in [0.2, 0.25) is 5.91 Å². The SMILES string of the molecule is Cc1cccc(C)c1CN1CC2CC1CN2Cc1ccc2c(c1)c(-c1ccc(OC(F)(F)F)cc1)cn2CCCNC(=O)C1CNCCN1. The number of rotatable bonds is 11. The number of piperazine rings is 2. The number of nitrogens with one attached hydrogen (secondary N) is 3. The molecule has 3 N–H and O–H groups in total. The zero-order valence-corrected chi connectivity index (χ0v) is 28.2. The molecule has 0 spiro atoms. The van der Waals surface area contributed by atoms with Crippen LogP contribution in [-0.4, -0.2) is 84.0 Å². The third kappa shape index (κ3) is 7.65. The first-order valence-electron chi connectivity index (χ1n) is 17.3. The normalized spacial score (nSPS) is 21.4. The number of carbonyl (C=O) groups is 1. The largest absolute Gasteiger partial charge is 0.573 e. The number of benzene rings is 3. The van der Waals surface area contributed by atoms with E-state index in [1.54, 1.807) is 12.1 Å². The molecule has 0 saturated carbocycles. The van der Waals surface area contributed by atoms with E-state index < -0.39 is 6.36 Å². The summed E-state index contributed by atoms with van der Waals surface area (Å²) >= 11 is 0. The van der Waals surface area contributed by atoms with Gasteiger partial charge in [0, 0.05) is 93.6 Å². The predicted molar refractivity (Wildman–Crippen MR) is 185 cm³/mol. The second kappa shape index (κ2) is 14.1. The van der Waals surface area contributed by atoms with Crippen molar-refractivity contribution in [2.24, 2.45) is 0 Å². The van der Waals surface area contributed by atoms with E-state index in [4.69, 9.17) is 0 Å². The highest BCUT2D eigenvalue weighted by Gasteiger charge is 2.43. The lowest BCUT2D eigenvalue weighted by Gasteiger charge is -2.34. The predicted octanol–water partition coefficient (Wildman–Crippen LogP) is 5.35. The average Bonchev–Trinajstić information content (AvgIpc) is 3.77. The first-order valence-corrected chi connectivity index (χ1v) is 17.3. The van der Waals surface area contributed by atoms with Crippen LogP contribution < -0.4 is 20.7 Å². The van der Waals surface area contributed by atoms with Gasteiger partial charge in [0.15, 0.2) is 0 Å². The van der Waals surface area contributed by atoms with Crippen molar-refractivity contribution in [2.75, 3.05) is 39.3 Å². The molecule has 11 heteroatoms. The fraction of sp³-hybridized carbons (Fsp3) is 0.447. The van der Waals surface area contributed by atoms with Crippen molar-refractivity contribution in [3.05, 3.63) is 89.1 Å². The van der Waals surface area contributed by atoms with E-state index in [2.05, 4.69) is 91.5 Å². The van der Waals surface area contributed by atoms with Gasteiger partial charge in [-0.15, -0.1) is 13.2 Å². The molecule has 3 saturated heterocycles. The monoisotopic (exact) mass is 674 g/mol. The Balaban J connectivity index is 1.06. The number of aryl methyl sites for hydroxylation is 3. The number of ether oxygens (including phenoxy) is 1. The fourth-order valence-corrected chi connectivity index (χ4v) is 7.87. The van der Waals surface area contributed by atoms with Gasteiger partial charge >= 0.3 is 6.36 Å². The molecule has 8 nitrogen and oxygen atoms in total. The minimum absolute atomic E-state index is 0.0000826. The molecule has 3 aliphatic rings. The molecular formula is C38H45F3N6O2. The summed E-state index contributed by atoms with van der Waals surface area (Å²) in [6, 6.07) is 20.1. The Bertz CT molecular complexity index is 1760. The highest BCUT2D eigenvalue weighted by Crippen LogP contribution is 2.36. The van der Waals surface area contributed by atoms with Gasteiger partial charge in [0.1, 0.15) is 5.75 Å². The second-order valence-electron chi connectivity index (χ2n) is 13.8. The van der Waals surface area contributed by atoms with Crippen LogP contribution in [0.4, 0.5) is 13.2 Å². The van der Waals surface area contributed by atoms with Gasteiger partial charge in [-0.05, 0) is 78.8 Å². The van der Waals surface area contributed by atoms with Crippen LogP contribution in [-0.2, 0) is 24.4 Å². The first kappa shape index (κ1) is 33.6. The number of hydrogen-bond donors (Lipinski definition) is 3. The molecule has 49 heavy (non-hydrogen) atoms. The number of alkyl halides is 3. The smallest absolute Gasteiger partial charge is 0.406 e. The molecule has 3 aliphatic heterocycles. The molecule has 0 radical (unpaired) electrons. The van der Waals surface area contributed by atoms with E-state index in [1.165, 1.54) is 40.8 Å². The van der Waals surface area contributed by atoms with Crippen LogP contribution in [0.25, 0.3) is 22.0 Å². The summed E-state index contributed by atoms with van der Waals surface area (Å²) in [5.74, 6) is -0.241. The van der Waals surface area contributed by atoms with Gasteiger partial charge in [0.05, 0.1) is 6.04 Å². The van der Waals surface area contributed by atoms with Crippen molar-refractivity contribution >= 4 is 16.8 Å². The van der Waals surface area contributed by atoms with E-state index in [1.807, 2.05) is 0 Å². The van der Waals surface area contributed by atoms with Gasteiger partial charge in [-0.3, -0.25) is 14.6 Å². The number of fused-ring (bicyclic) bond motifs is 3. The maximum absolute atomic E-state index is 12.8. The molecule has 3 atom stereocenters. The number of carbonyl (C=O) groups excluding carboxylic acids is 1. The summed E-state index contributed by atoms with van der Waals surface area (Å²) in [5.41, 5.74) is 8.22. The van der Waals surface area contributed by atoms with Gasteiger partial charge < -0.3 is 25.3 Å². The van der Waals surface area contributed by atoms with E-state index in [9.17, 15) is 18.0 Å². The quantitative estimate of drug-likeness (QED) is 0.187. The second-order valence-corrected chi connectivity index (χ2v) is 13.8. The van der Waals surface area contributed by atoms with E-state index in [0.717, 1.165) is 67.7 Å². The highest BCUT2D eigenvalue weighted by atomic mass is 19.4. The minimum atomic E-state index is -4.74. The van der Waals surface area contributed by atoms with Crippen LogP contribution in [0.1, 0.15) is 35.1 Å². The van der Waals surface area contributed by atoms with Crippen LogP contribution in [0.3, 0.4) is 0 Å². The van der Waals surface area contributed by atoms with Crippen molar-refractivity contribution in [3.8, 4) is 16.9 Å². The number of likely N-dealkylation sites (tertiary alicyclic amines) is 2. The molecular weight excluding hydrogens is 629 g/mol. The fourth-order valence-electron chi connectivity index (χ4n) is 7.87. The van der Waals surface area contributed by atoms with Crippen molar-refractivity contribution in [3.63, 3.8) is 0 Å². The molecule has 4 heterocycles. The van der Waals surface area contributed by atoms with Gasteiger partial charge in [0.25, 0.3) is 0 Å². The Labute approximate surface area is 285 Å². The topological polar surface area (TPSA) is 73.8 Å². The molecule has 3 fully saturated rings. The maximum atomic E-state index is 12.8. The standard InChI is InChI=1S/C38H45F3N6O2/c1-25-5-3-6-26(2)33(25)23-47-22-29-18-30(47)21-46(29)20-27-7-12-36-32(17-27)34(28-8-10-31(11-9-28)49-38(39,40)41)24-45(36)16-4-13-44-37(48)35-19-42-14-15-43-35/h3,5-12,17,24,29-30,35,42-43H,4,13-16,18-23H2,1-2H3,(H,44,48). The van der Waals surface area contributed by atoms with Crippen molar-refractivity contribution in [2.45, 2.75) is 70.8 Å². The van der Waals surface area contributed by atoms with Crippen molar-refractivity contribution < 1.29 is 22.7 Å². The van der Waals surface area contributed by atoms with Crippen molar-refractivity contribution in [1.82, 2.24) is 30.3 Å². The van der Waals surface area contributed by atoms with Gasteiger partial charge in [-0.1, -0.05) is 36.4 Å². The van der Waals surface area contributed by atoms with Crippen LogP contribution >= 0.6 is 0 Å². The Morgan fingerprint density at radius 1 is 0.959 bits per heavy atom. The Kier molecular flexibility index (Phi) is 9.70. The summed E-state index contributed by atoms with van der Waals surface area (Å²) in [6.45, 7) is 11.9. The lowest BCUT2D eigenvalue weighted by atomic mass is 10.0. The number of hydrogen-bond acceptors (Lipinski definition) is 6. The number of nitrogens with zero attached hydrogens (tertiary/aromatic N) is 3. The zero-order chi connectivity index (χ0) is 34.1. The number of aromatic nitrogens is 1. The molecule has 4 aromatic rings. The first-order chi connectivity index (χ1) is 23.6. The molecule has 3 aromatic carbocycles. The molecule has 260 valence electrons. The van der Waals surface area contributed by atoms with Crippen LogP contribution in [0, 0.1) is 13.8 Å². The van der Waals surface area contributed by atoms with Crippen LogP contribution in [0.5, 0.6) is 5.75 Å². The highest BCUT2D eigenvalue weighted by molar-refractivity contribution is 5.96. The average molecular weight is 675 g/mol. The summed E-state index contributed by atoms with van der Waals surface area (Å²) < 4.78 is 44.8. The molecule has 7 rings (SSSR count). The summed E-state index contributed by atoms with van der Waals surface area (Å²) in [4.78, 5) is 17.8. The van der Waals surface area contributed by atoms with E-state index in [-0.39, 0.29) is 17.7 Å². The summed E-state index contributed by atoms with van der Waals surface area (Å²) in [6.07, 6.45) is -0.738. The van der Waals surface area contributed by atoms with E-state index in [0.29, 0.717) is 31.7 Å². The van der Waals surface area contributed by atoms with Crippen molar-refractivity contribution in [1.29, 1.82) is 0 Å². The molecule has 0 aliphatic carbocycles. The molecule has 1 amide bonds. The number of amides is 1. The molecule has 1 aromatic heterocycles. The lowest BCUT2D eigenvalue weighted by Crippen LogP contribution is -2.55. The molecule has 2 bridgehead atoms. The zero-order valence-electron chi connectivity index (χ0n) is 28.2. The van der Waals surface area contributed by atoms with Crippen LogP contribution in [0.2, 0.25) is 0 Å². The third-order valence-corrected chi connectivity index (χ3v) is 10.4. The molecule has 3 unspecified atom stereocenters. The van der Waals surface area contributed by atoms with Gasteiger partial charge in [-0.25, -0.2) is 0 Å². The third-order valence-electron chi connectivity index (χ3n) is 10.4. The van der Waals surface area contributed by atoms with Crippen LogP contribution in [0.15, 0.2) is 66.9 Å². The Morgan fingerprint density at radius 3 is 2.37 bits per heavy atom. The lowest BCUT2D eigenvalue weighted by molar-refractivity contribution is -0.274. The maximum Gasteiger partial charge on any atom is 0.573 e. The number of halogens is 3. The van der Waals surface area contributed by atoms with Gasteiger partial charge in [-0.2, -0.15) is 0 Å². The summed E-state index contributed by atoms with van der Waals surface area (Å²) in [5, 5.41) is 10.6. The minimum Gasteiger partial charge on any atom is -0.406 e. The Morgan fingerprint density at radius 2 is 1.69 bits per heavy atom. The van der Waals surface area contributed by atoms with E-state index >= 15 is 0 Å².